The predicted molar refractivity (Wildman–Crippen MR) is 72.1 cm³/mol. The van der Waals surface area contributed by atoms with Crippen molar-refractivity contribution in [1.29, 1.82) is 0 Å². The molecule has 0 aliphatic heterocycles. The maximum absolute atomic E-state index is 13.6. The van der Waals surface area contributed by atoms with Gasteiger partial charge >= 0.3 is 0 Å². The van der Waals surface area contributed by atoms with Crippen LogP contribution in [0.3, 0.4) is 0 Å². The van der Waals surface area contributed by atoms with Gasteiger partial charge in [0.2, 0.25) is 0 Å². The van der Waals surface area contributed by atoms with Gasteiger partial charge in [-0.25, -0.2) is 4.39 Å². The molecule has 0 radical (unpaired) electrons. The van der Waals surface area contributed by atoms with E-state index in [1.54, 1.807) is 6.07 Å². The fraction of sp³-hybridized carbons (Fsp3) is 0.538. The summed E-state index contributed by atoms with van der Waals surface area (Å²) in [6.45, 7) is 1.27. The normalized spacial score (nSPS) is 12.7. The van der Waals surface area contributed by atoms with Gasteiger partial charge in [-0.1, -0.05) is 11.6 Å². The van der Waals surface area contributed by atoms with Crippen LogP contribution in [0.1, 0.15) is 30.9 Å². The Bertz CT molecular complexity index is 363. The lowest BCUT2D eigenvalue weighted by Gasteiger charge is -2.18. The highest BCUT2D eigenvalue weighted by Crippen LogP contribution is 2.20. The quantitative estimate of drug-likeness (QED) is 0.637. The van der Waals surface area contributed by atoms with Crippen LogP contribution >= 0.6 is 11.6 Å². The fourth-order valence-electron chi connectivity index (χ4n) is 1.79. The van der Waals surface area contributed by atoms with Crippen LogP contribution in [0.4, 0.5) is 4.39 Å². The Morgan fingerprint density at radius 1 is 1.33 bits per heavy atom. The zero-order valence-electron chi connectivity index (χ0n) is 10.3. The molecular weight excluding hydrogens is 255 g/mol. The van der Waals surface area contributed by atoms with Gasteiger partial charge in [0.25, 0.3) is 0 Å². The van der Waals surface area contributed by atoms with Crippen molar-refractivity contribution in [2.45, 2.75) is 25.3 Å². The largest absolute Gasteiger partial charge is 0.396 e. The van der Waals surface area contributed by atoms with Crippen molar-refractivity contribution in [3.63, 3.8) is 0 Å². The monoisotopic (exact) mass is 274 g/mol. The van der Waals surface area contributed by atoms with Gasteiger partial charge in [-0.05, 0) is 44.0 Å². The Labute approximate surface area is 112 Å². The number of halogens is 2. The van der Waals surface area contributed by atoms with Crippen LogP contribution in [0.5, 0.6) is 0 Å². The number of benzene rings is 1. The van der Waals surface area contributed by atoms with Crippen LogP contribution < -0.4 is 11.1 Å². The standard InChI is InChI=1S/C13H20ClFN2O/c14-10-4-5-12(15)11(8-10)13(9-16)17-6-2-1-3-7-18/h4-5,8,13,17-18H,1-3,6-7,9,16H2. The molecule has 0 bridgehead atoms. The molecule has 18 heavy (non-hydrogen) atoms. The summed E-state index contributed by atoms with van der Waals surface area (Å²) in [5, 5.41) is 12.4. The molecule has 1 unspecified atom stereocenters. The molecular formula is C13H20ClFN2O. The summed E-state index contributed by atoms with van der Waals surface area (Å²) in [5.74, 6) is -0.294. The highest BCUT2D eigenvalue weighted by atomic mass is 35.5. The molecule has 0 aliphatic rings. The van der Waals surface area contributed by atoms with Gasteiger partial charge in [0.05, 0.1) is 0 Å². The molecule has 0 saturated heterocycles. The molecule has 1 rings (SSSR count). The highest BCUT2D eigenvalue weighted by molar-refractivity contribution is 6.30. The minimum absolute atomic E-state index is 0.212. The van der Waals surface area contributed by atoms with E-state index in [1.165, 1.54) is 12.1 Å². The topological polar surface area (TPSA) is 58.3 Å². The number of hydrogen-bond acceptors (Lipinski definition) is 3. The molecule has 0 aliphatic carbocycles. The van der Waals surface area contributed by atoms with Crippen molar-refractivity contribution in [1.82, 2.24) is 5.32 Å². The third kappa shape index (κ3) is 4.90. The second kappa shape index (κ2) is 8.43. The minimum atomic E-state index is -0.294. The van der Waals surface area contributed by atoms with Gasteiger partial charge in [-0.2, -0.15) is 0 Å². The first-order valence-corrected chi connectivity index (χ1v) is 6.56. The van der Waals surface area contributed by atoms with Gasteiger partial charge in [-0.3, -0.25) is 0 Å². The van der Waals surface area contributed by atoms with Crippen LogP contribution in [0.25, 0.3) is 0 Å². The lowest BCUT2D eigenvalue weighted by Crippen LogP contribution is -2.29. The van der Waals surface area contributed by atoms with Crippen LogP contribution in [0, 0.1) is 5.82 Å². The molecule has 0 heterocycles. The van der Waals surface area contributed by atoms with E-state index >= 15 is 0 Å². The van der Waals surface area contributed by atoms with Crippen molar-refractivity contribution in [2.75, 3.05) is 19.7 Å². The minimum Gasteiger partial charge on any atom is -0.396 e. The van der Waals surface area contributed by atoms with Gasteiger partial charge in [0.15, 0.2) is 0 Å². The molecule has 0 saturated carbocycles. The van der Waals surface area contributed by atoms with E-state index in [1.807, 2.05) is 0 Å². The Morgan fingerprint density at radius 3 is 2.78 bits per heavy atom. The molecule has 0 spiro atoms. The summed E-state index contributed by atoms with van der Waals surface area (Å²) in [6.07, 6.45) is 2.67. The zero-order chi connectivity index (χ0) is 13.4. The third-order valence-corrected chi connectivity index (χ3v) is 3.03. The molecule has 4 N–H and O–H groups in total. The molecule has 0 aromatic heterocycles. The first-order chi connectivity index (χ1) is 8.69. The predicted octanol–water partition coefficient (Wildman–Crippen LogP) is 2.23. The summed E-state index contributed by atoms with van der Waals surface area (Å²) >= 11 is 5.86. The lowest BCUT2D eigenvalue weighted by molar-refractivity contribution is 0.282. The van der Waals surface area contributed by atoms with E-state index in [0.29, 0.717) is 17.1 Å². The number of hydrogen-bond donors (Lipinski definition) is 3. The number of nitrogens with one attached hydrogen (secondary N) is 1. The number of rotatable bonds is 8. The van der Waals surface area contributed by atoms with Crippen molar-refractivity contribution in [3.8, 4) is 0 Å². The maximum Gasteiger partial charge on any atom is 0.128 e. The lowest BCUT2D eigenvalue weighted by atomic mass is 10.1. The molecule has 102 valence electrons. The summed E-state index contributed by atoms with van der Waals surface area (Å²) < 4.78 is 13.6. The summed E-state index contributed by atoms with van der Waals surface area (Å²) in [6, 6.07) is 4.26. The van der Waals surface area contributed by atoms with Crippen molar-refractivity contribution in [2.24, 2.45) is 5.73 Å². The van der Waals surface area contributed by atoms with Gasteiger partial charge < -0.3 is 16.2 Å². The van der Waals surface area contributed by atoms with E-state index in [9.17, 15) is 4.39 Å². The Kier molecular flexibility index (Phi) is 7.20. The number of aliphatic hydroxyl groups excluding tert-OH is 1. The van der Waals surface area contributed by atoms with Gasteiger partial charge in [-0.15, -0.1) is 0 Å². The number of unbranched alkanes of at least 4 members (excludes halogenated alkanes) is 2. The SMILES string of the molecule is NCC(NCCCCCO)c1cc(Cl)ccc1F. The maximum atomic E-state index is 13.6. The third-order valence-electron chi connectivity index (χ3n) is 2.79. The van der Waals surface area contributed by atoms with Crippen molar-refractivity contribution in [3.05, 3.63) is 34.6 Å². The zero-order valence-corrected chi connectivity index (χ0v) is 11.1. The molecule has 1 aromatic rings. The summed E-state index contributed by atoms with van der Waals surface area (Å²) in [4.78, 5) is 0. The van der Waals surface area contributed by atoms with Crippen LogP contribution in [-0.2, 0) is 0 Å². The first-order valence-electron chi connectivity index (χ1n) is 6.18. The van der Waals surface area contributed by atoms with Crippen LogP contribution in [-0.4, -0.2) is 24.8 Å². The second-order valence-electron chi connectivity index (χ2n) is 4.19. The van der Waals surface area contributed by atoms with E-state index in [-0.39, 0.29) is 18.5 Å². The Hall–Kier alpha value is -0.680. The molecule has 1 aromatic carbocycles. The second-order valence-corrected chi connectivity index (χ2v) is 4.63. The van der Waals surface area contributed by atoms with Gasteiger partial charge in [0.1, 0.15) is 5.82 Å². The average Bonchev–Trinajstić information content (AvgIpc) is 2.37. The summed E-state index contributed by atoms with van der Waals surface area (Å²) in [7, 11) is 0. The molecule has 1 atom stereocenters. The van der Waals surface area contributed by atoms with Crippen LogP contribution in [0.15, 0.2) is 18.2 Å². The highest BCUT2D eigenvalue weighted by Gasteiger charge is 2.13. The van der Waals surface area contributed by atoms with Gasteiger partial charge in [0, 0.05) is 29.8 Å². The fourth-order valence-corrected chi connectivity index (χ4v) is 1.97. The van der Waals surface area contributed by atoms with Crippen molar-refractivity contribution < 1.29 is 9.50 Å². The van der Waals surface area contributed by atoms with E-state index in [4.69, 9.17) is 22.4 Å². The Balaban J connectivity index is 2.52. The van der Waals surface area contributed by atoms with E-state index in [0.717, 1.165) is 25.8 Å². The molecule has 3 nitrogen and oxygen atoms in total. The van der Waals surface area contributed by atoms with Crippen molar-refractivity contribution >= 4 is 11.6 Å². The molecule has 0 fully saturated rings. The molecule has 5 heteroatoms. The molecule has 0 amide bonds. The van der Waals surface area contributed by atoms with E-state index in [2.05, 4.69) is 5.32 Å². The van der Waals surface area contributed by atoms with Crippen LogP contribution in [0.2, 0.25) is 5.02 Å². The smallest absolute Gasteiger partial charge is 0.128 e. The average molecular weight is 275 g/mol. The first kappa shape index (κ1) is 15.4. The number of nitrogens with two attached hydrogens (primary N) is 1. The number of aliphatic hydroxyl groups is 1. The van der Waals surface area contributed by atoms with E-state index < -0.39 is 0 Å². The Morgan fingerprint density at radius 2 is 2.11 bits per heavy atom. The summed E-state index contributed by atoms with van der Waals surface area (Å²) in [5.41, 5.74) is 6.16.